The number of amides is 9. The third kappa shape index (κ3) is 18.4. The average Bonchev–Trinajstić information content (AvgIpc) is 1.73. The first-order valence-corrected chi connectivity index (χ1v) is 35.0. The standard InChI is InChI=1S/C69H82F2N14O10S2/c1-69-20-6-24-85(69)67(94)57(28-41-11-15-49(86)16-12-41)82-64(91)56(33-48-36-73-40-78-48)81-65(92)59-10-5-23-84(59)66(93)58(30-45-35-76-53-18-14-47(71)32-51(45)53)83-63(90)55(29-44-34-75-52-17-13-46(70)31-50(44)52)80-61(88)37-77-62(89)54(9-2-3-21-72)79-60(87)19-25-96-38-42-7-4-8-43(27-42)39-97-26-22-74-68(69)95/h4,7-8,11-18,27,31-32,34-36,40,54-59,75-76,86H,2-3,5-6,9-10,19-26,28-30,33,37-39,72H2,1H3,(H,73,78)(H,74,95)(H,77,89)(H,79,87)(H,80,88)(H,81,92)(H,82,91)(H,83,90)/t54-,55-,56-,57-,58-,59-,69-/m0/s1. The Labute approximate surface area is 567 Å². The van der Waals surface area contributed by atoms with Gasteiger partial charge in [0.25, 0.3) is 0 Å². The molecule has 7 aromatic rings. The average molecular weight is 1370 g/mol. The van der Waals surface area contributed by atoms with E-state index in [-0.39, 0.29) is 75.6 Å². The van der Waals surface area contributed by atoms with Crippen molar-refractivity contribution in [3.8, 4) is 5.75 Å². The Hall–Kier alpha value is -9.28. The molecule has 7 atom stereocenters. The number of nitrogens with zero attached hydrogens (tertiary/aromatic N) is 3. The molecule has 9 amide bonds. The molecule has 0 saturated carbocycles. The van der Waals surface area contributed by atoms with Gasteiger partial charge in [-0.05, 0) is 135 Å². The molecule has 0 unspecified atom stereocenters. The molecule has 0 aliphatic carbocycles. The summed E-state index contributed by atoms with van der Waals surface area (Å²) in [6, 6.07) is 14.3. The topological polar surface area (TPSA) is 351 Å². The maximum absolute atomic E-state index is 15.5. The number of aromatic nitrogens is 4. The fourth-order valence-electron chi connectivity index (χ4n) is 12.8. The van der Waals surface area contributed by atoms with E-state index in [9.17, 15) is 28.7 Å². The molecule has 10 rings (SSSR count). The van der Waals surface area contributed by atoms with Crippen molar-refractivity contribution in [3.63, 3.8) is 0 Å². The number of imidazole rings is 1. The zero-order valence-electron chi connectivity index (χ0n) is 53.8. The summed E-state index contributed by atoms with van der Waals surface area (Å²) in [6.07, 6.45) is 7.80. The third-order valence-electron chi connectivity index (χ3n) is 18.0. The van der Waals surface area contributed by atoms with E-state index in [1.54, 1.807) is 55.0 Å². The van der Waals surface area contributed by atoms with Gasteiger partial charge in [0.2, 0.25) is 53.2 Å². The van der Waals surface area contributed by atoms with Crippen molar-refractivity contribution in [1.29, 1.82) is 0 Å². The Bertz CT molecular complexity index is 3970. The summed E-state index contributed by atoms with van der Waals surface area (Å²) >= 11 is 3.16. The first-order valence-electron chi connectivity index (χ1n) is 32.7. The number of carbonyl (C=O) groups is 9. The number of halogens is 2. The summed E-state index contributed by atoms with van der Waals surface area (Å²) < 4.78 is 29.9. The summed E-state index contributed by atoms with van der Waals surface area (Å²) in [5, 5.41) is 30.8. The molecular weight excluding hydrogens is 1290 g/mol. The Morgan fingerprint density at radius 1 is 0.629 bits per heavy atom. The number of phenolic OH excluding ortho intramolecular Hbond substituents is 1. The van der Waals surface area contributed by atoms with Crippen molar-refractivity contribution in [2.75, 3.05) is 44.2 Å². The van der Waals surface area contributed by atoms with Crippen LogP contribution in [0.5, 0.6) is 5.75 Å². The minimum absolute atomic E-state index is 0.00907. The van der Waals surface area contributed by atoms with Crippen LogP contribution in [0.15, 0.2) is 110 Å². The van der Waals surface area contributed by atoms with Crippen LogP contribution in [0.4, 0.5) is 8.78 Å². The van der Waals surface area contributed by atoms with Crippen LogP contribution >= 0.6 is 23.5 Å². The lowest BCUT2D eigenvalue weighted by Crippen LogP contribution is -2.62. The number of aromatic amines is 3. The van der Waals surface area contributed by atoms with Crippen LogP contribution in [0.2, 0.25) is 0 Å². The van der Waals surface area contributed by atoms with Crippen molar-refractivity contribution in [2.24, 2.45) is 5.73 Å². The number of H-pyrrole nitrogens is 3. The highest BCUT2D eigenvalue weighted by molar-refractivity contribution is 7.98. The van der Waals surface area contributed by atoms with E-state index in [2.05, 4.69) is 63.2 Å². The van der Waals surface area contributed by atoms with E-state index in [1.807, 2.05) is 18.2 Å². The number of unbranched alkanes of at least 4 members (excludes halogenated alkanes) is 1. The maximum Gasteiger partial charge on any atom is 0.246 e. The van der Waals surface area contributed by atoms with E-state index >= 15 is 28.4 Å². The van der Waals surface area contributed by atoms with Crippen LogP contribution in [0.1, 0.15) is 91.8 Å². The fraction of sp³-hybridized carbons (Fsp3) is 0.420. The van der Waals surface area contributed by atoms with E-state index < -0.39 is 101 Å². The summed E-state index contributed by atoms with van der Waals surface area (Å²) in [7, 11) is 0. The largest absolute Gasteiger partial charge is 0.508 e. The number of phenols is 1. The molecule has 24 nitrogen and oxygen atoms in total. The number of nitrogens with one attached hydrogen (secondary N) is 10. The van der Waals surface area contributed by atoms with Gasteiger partial charge >= 0.3 is 0 Å². The van der Waals surface area contributed by atoms with Gasteiger partial charge < -0.3 is 72.8 Å². The Kier molecular flexibility index (Phi) is 24.1. The molecular formula is C69H82F2N14O10S2. The number of thioether (sulfide) groups is 2. The molecule has 28 heteroatoms. The van der Waals surface area contributed by atoms with Crippen LogP contribution in [0.3, 0.4) is 0 Å². The van der Waals surface area contributed by atoms with E-state index in [0.717, 1.165) is 11.1 Å². The molecule has 6 heterocycles. The van der Waals surface area contributed by atoms with Crippen molar-refractivity contribution < 1.29 is 57.0 Å². The second-order valence-electron chi connectivity index (χ2n) is 25.0. The number of aromatic hydroxyl groups is 1. The summed E-state index contributed by atoms with van der Waals surface area (Å²) in [5.41, 5.74) is 9.44. The molecule has 514 valence electrons. The molecule has 0 spiro atoms. The van der Waals surface area contributed by atoms with Crippen molar-refractivity contribution in [3.05, 3.63) is 155 Å². The van der Waals surface area contributed by atoms with Crippen LogP contribution in [-0.2, 0) is 80.3 Å². The number of fused-ring (bicyclic) bond motifs is 6. The first-order chi connectivity index (χ1) is 46.8. The second kappa shape index (κ2) is 33.1. The lowest BCUT2D eigenvalue weighted by Gasteiger charge is -2.36. The van der Waals surface area contributed by atoms with E-state index in [4.69, 9.17) is 5.73 Å². The van der Waals surface area contributed by atoms with Crippen molar-refractivity contribution in [2.45, 2.75) is 137 Å². The van der Waals surface area contributed by atoms with Gasteiger partial charge in [-0.1, -0.05) is 36.4 Å². The minimum atomic E-state index is -1.51. The lowest BCUT2D eigenvalue weighted by atomic mass is 9.95. The second-order valence-corrected chi connectivity index (χ2v) is 27.2. The van der Waals surface area contributed by atoms with Crippen LogP contribution in [-0.4, -0.2) is 174 Å². The molecule has 97 heavy (non-hydrogen) atoms. The van der Waals surface area contributed by atoms with Crippen LogP contribution in [0.25, 0.3) is 21.8 Å². The number of nitrogens with two attached hydrogens (primary N) is 1. The van der Waals surface area contributed by atoms with Crippen LogP contribution in [0, 0.1) is 11.6 Å². The minimum Gasteiger partial charge on any atom is -0.508 e. The highest BCUT2D eigenvalue weighted by Gasteiger charge is 2.48. The fourth-order valence-corrected chi connectivity index (χ4v) is 14.5. The molecule has 3 aromatic heterocycles. The van der Waals surface area contributed by atoms with E-state index in [0.29, 0.717) is 112 Å². The summed E-state index contributed by atoms with van der Waals surface area (Å²) in [5.74, 6) is -4.91. The van der Waals surface area contributed by atoms with Crippen LogP contribution < -0.4 is 43.0 Å². The van der Waals surface area contributed by atoms with Crippen molar-refractivity contribution in [1.82, 2.24) is 67.0 Å². The lowest BCUT2D eigenvalue weighted by molar-refractivity contribution is -0.146. The Morgan fingerprint density at radius 2 is 1.26 bits per heavy atom. The van der Waals surface area contributed by atoms with Gasteiger partial charge in [0.1, 0.15) is 59.2 Å². The monoisotopic (exact) mass is 1370 g/mol. The highest BCUT2D eigenvalue weighted by Crippen LogP contribution is 2.32. The molecule has 2 saturated heterocycles. The summed E-state index contributed by atoms with van der Waals surface area (Å²) in [6.45, 7) is 1.90. The van der Waals surface area contributed by atoms with Gasteiger partial charge in [0, 0.05) is 121 Å². The van der Waals surface area contributed by atoms with Gasteiger partial charge in [-0.15, -0.1) is 0 Å². The number of rotatable bonds is 12. The van der Waals surface area contributed by atoms with Gasteiger partial charge in [0.05, 0.1) is 12.9 Å². The summed E-state index contributed by atoms with van der Waals surface area (Å²) in [4.78, 5) is 148. The first kappa shape index (κ1) is 70.5. The van der Waals surface area contributed by atoms with E-state index in [1.165, 1.54) is 70.9 Å². The Morgan fingerprint density at radius 3 is 1.92 bits per heavy atom. The zero-order chi connectivity index (χ0) is 68.6. The number of hydrogen-bond donors (Lipinski definition) is 12. The molecule has 0 radical (unpaired) electrons. The molecule has 3 aliphatic heterocycles. The van der Waals surface area contributed by atoms with Gasteiger partial charge in [-0.2, -0.15) is 23.5 Å². The third-order valence-corrected chi connectivity index (χ3v) is 20.0. The predicted molar refractivity (Wildman–Crippen MR) is 364 cm³/mol. The molecule has 2 bridgehead atoms. The van der Waals surface area contributed by atoms with Gasteiger partial charge in [0.15, 0.2) is 0 Å². The number of carbonyl (C=O) groups excluding carboxylic acids is 9. The number of benzene rings is 4. The van der Waals surface area contributed by atoms with Crippen molar-refractivity contribution >= 4 is 98.5 Å². The molecule has 4 aromatic carbocycles. The normalized spacial score (nSPS) is 23.2. The quantitative estimate of drug-likeness (QED) is 0.0757. The molecule has 2 fully saturated rings. The van der Waals surface area contributed by atoms with Gasteiger partial charge in [-0.25, -0.2) is 13.8 Å². The Balaban J connectivity index is 0.962. The zero-order valence-corrected chi connectivity index (χ0v) is 55.5. The SMILES string of the molecule is C[C@@]12CCCN1C(=O)[C@H](Cc1ccc(O)cc1)NC(=O)[C@H](Cc1cnc[nH]1)NC(=O)[C@@H]1CCCN1C(=O)[C@H](Cc1c[nH]c3ccc(F)cc13)NC(=O)[C@H](Cc1c[nH]c3ccc(F)cc13)NC(=O)CNC(=O)[C@H](CCCCN)NC(=O)CCSCc1cccc(c1)CSCCNC2=O. The smallest absolute Gasteiger partial charge is 0.246 e. The number of hydrogen-bond acceptors (Lipinski definition) is 14. The van der Waals surface area contributed by atoms with Gasteiger partial charge in [-0.3, -0.25) is 43.2 Å². The molecule has 3 aliphatic rings. The maximum atomic E-state index is 15.5. The molecule has 13 N–H and O–H groups in total. The highest BCUT2D eigenvalue weighted by atomic mass is 32.2. The predicted octanol–water partition coefficient (Wildman–Crippen LogP) is 4.35.